The predicted molar refractivity (Wildman–Crippen MR) is 72.9 cm³/mol. The quantitative estimate of drug-likeness (QED) is 0.902. The first-order valence-corrected chi connectivity index (χ1v) is 6.61. The minimum absolute atomic E-state index is 0.200. The summed E-state index contributed by atoms with van der Waals surface area (Å²) in [7, 11) is 0. The van der Waals surface area contributed by atoms with Gasteiger partial charge in [-0.15, -0.1) is 5.10 Å². The van der Waals surface area contributed by atoms with Gasteiger partial charge in [0.1, 0.15) is 11.6 Å². The lowest BCUT2D eigenvalue weighted by molar-refractivity contribution is 0.0299. The summed E-state index contributed by atoms with van der Waals surface area (Å²) in [6.45, 7) is 8.42. The first-order valence-electron chi connectivity index (χ1n) is 6.61. The third-order valence-electron chi connectivity index (χ3n) is 3.95. The van der Waals surface area contributed by atoms with Crippen LogP contribution in [0.5, 0.6) is 0 Å². The molecule has 1 saturated heterocycles. The van der Waals surface area contributed by atoms with Gasteiger partial charge in [0.2, 0.25) is 0 Å². The van der Waals surface area contributed by atoms with E-state index < -0.39 is 0 Å². The van der Waals surface area contributed by atoms with Gasteiger partial charge in [0.05, 0.1) is 5.69 Å². The molecule has 0 aliphatic carbocycles. The highest BCUT2D eigenvalue weighted by Gasteiger charge is 2.27. The van der Waals surface area contributed by atoms with Crippen molar-refractivity contribution in [1.82, 2.24) is 10.2 Å². The highest BCUT2D eigenvalue weighted by atomic mass is 16.5. The molecule has 0 amide bonds. The molecule has 0 atom stereocenters. The highest BCUT2D eigenvalue weighted by molar-refractivity contribution is 5.55. The molecule has 1 N–H and O–H groups in total. The average molecular weight is 260 g/mol. The molecule has 0 aromatic carbocycles. The van der Waals surface area contributed by atoms with E-state index in [9.17, 15) is 5.26 Å². The van der Waals surface area contributed by atoms with E-state index in [4.69, 9.17) is 4.74 Å². The number of rotatable bonds is 3. The van der Waals surface area contributed by atoms with Crippen LogP contribution < -0.4 is 5.32 Å². The fourth-order valence-electron chi connectivity index (χ4n) is 2.21. The Bertz CT molecular complexity index is 501. The van der Waals surface area contributed by atoms with Crippen LogP contribution in [-0.4, -0.2) is 30.0 Å². The number of nitriles is 1. The fourth-order valence-corrected chi connectivity index (χ4v) is 2.21. The molecule has 1 aliphatic rings. The van der Waals surface area contributed by atoms with Gasteiger partial charge in [0.15, 0.2) is 5.82 Å². The second kappa shape index (κ2) is 5.54. The summed E-state index contributed by atoms with van der Waals surface area (Å²) >= 11 is 0. The van der Waals surface area contributed by atoms with Crippen LogP contribution in [0.3, 0.4) is 0 Å². The Balaban J connectivity index is 2.12. The number of nitrogens with one attached hydrogen (secondary N) is 1. The van der Waals surface area contributed by atoms with Gasteiger partial charge < -0.3 is 10.1 Å². The van der Waals surface area contributed by atoms with Gasteiger partial charge in [-0.3, -0.25) is 0 Å². The van der Waals surface area contributed by atoms with Gasteiger partial charge in [-0.1, -0.05) is 6.92 Å². The molecular formula is C14H20N4O. The second-order valence-electron chi connectivity index (χ2n) is 5.52. The summed E-state index contributed by atoms with van der Waals surface area (Å²) in [5.74, 6) is 0.596. The van der Waals surface area contributed by atoms with Crippen molar-refractivity contribution < 1.29 is 4.74 Å². The third-order valence-corrected chi connectivity index (χ3v) is 3.95. The van der Waals surface area contributed by atoms with Crippen molar-refractivity contribution in [2.75, 3.05) is 25.1 Å². The number of hydrogen-bond donors (Lipinski definition) is 1. The molecule has 0 spiro atoms. The number of hydrogen-bond acceptors (Lipinski definition) is 5. The van der Waals surface area contributed by atoms with Gasteiger partial charge in [0.25, 0.3) is 0 Å². The van der Waals surface area contributed by atoms with Gasteiger partial charge >= 0.3 is 0 Å². The van der Waals surface area contributed by atoms with Crippen LogP contribution in [0.25, 0.3) is 0 Å². The number of ether oxygens (including phenoxy) is 1. The normalized spacial score (nSPS) is 17.8. The van der Waals surface area contributed by atoms with Crippen LogP contribution in [0.15, 0.2) is 0 Å². The zero-order valence-corrected chi connectivity index (χ0v) is 11.8. The Morgan fingerprint density at radius 3 is 2.63 bits per heavy atom. The summed E-state index contributed by atoms with van der Waals surface area (Å²) in [5, 5.41) is 20.7. The molecule has 102 valence electrons. The molecule has 0 unspecified atom stereocenters. The molecule has 0 bridgehead atoms. The Morgan fingerprint density at radius 2 is 2.00 bits per heavy atom. The standard InChI is InChI=1S/C14H20N4O/c1-10-11(2)17-18-13(12(10)8-15)16-9-14(3)4-6-19-7-5-14/h4-7,9H2,1-3H3,(H,16,18). The van der Waals surface area contributed by atoms with Crippen molar-refractivity contribution in [1.29, 1.82) is 5.26 Å². The first kappa shape index (κ1) is 13.8. The number of anilines is 1. The van der Waals surface area contributed by atoms with Gasteiger partial charge in [0, 0.05) is 19.8 Å². The smallest absolute Gasteiger partial charge is 0.166 e. The molecule has 0 saturated carbocycles. The Labute approximate surface area is 114 Å². The van der Waals surface area contributed by atoms with Crippen molar-refractivity contribution >= 4 is 5.82 Å². The first-order chi connectivity index (χ1) is 9.06. The fraction of sp³-hybridized carbons (Fsp3) is 0.643. The predicted octanol–water partition coefficient (Wildman–Crippen LogP) is 2.19. The van der Waals surface area contributed by atoms with Gasteiger partial charge in [-0.25, -0.2) is 0 Å². The van der Waals surface area contributed by atoms with E-state index in [0.29, 0.717) is 11.4 Å². The van der Waals surface area contributed by atoms with Crippen LogP contribution in [0.1, 0.15) is 36.6 Å². The van der Waals surface area contributed by atoms with Crippen LogP contribution >= 0.6 is 0 Å². The molecular weight excluding hydrogens is 240 g/mol. The lowest BCUT2D eigenvalue weighted by Crippen LogP contribution is -2.33. The monoisotopic (exact) mass is 260 g/mol. The van der Waals surface area contributed by atoms with Crippen LogP contribution in [0.4, 0.5) is 5.82 Å². The van der Waals surface area contributed by atoms with Crippen molar-refractivity contribution in [3.63, 3.8) is 0 Å². The molecule has 1 aromatic heterocycles. The largest absolute Gasteiger partial charge is 0.381 e. The van der Waals surface area contributed by atoms with Crippen molar-refractivity contribution in [2.24, 2.45) is 5.41 Å². The minimum Gasteiger partial charge on any atom is -0.381 e. The number of nitrogens with zero attached hydrogens (tertiary/aromatic N) is 3. The number of aryl methyl sites for hydroxylation is 1. The molecule has 1 aromatic rings. The molecule has 0 radical (unpaired) electrons. The van der Waals surface area contributed by atoms with Crippen LogP contribution in [0, 0.1) is 30.6 Å². The van der Waals surface area contributed by atoms with E-state index >= 15 is 0 Å². The topological polar surface area (TPSA) is 70.8 Å². The molecule has 2 heterocycles. The van der Waals surface area contributed by atoms with E-state index in [-0.39, 0.29) is 5.41 Å². The average Bonchev–Trinajstić information content (AvgIpc) is 2.41. The molecule has 5 heteroatoms. The van der Waals surface area contributed by atoms with E-state index in [1.54, 1.807) is 0 Å². The SMILES string of the molecule is Cc1nnc(NCC2(C)CCOCC2)c(C#N)c1C. The Hall–Kier alpha value is -1.67. The maximum absolute atomic E-state index is 9.25. The Kier molecular flexibility index (Phi) is 4.01. The zero-order valence-electron chi connectivity index (χ0n) is 11.8. The summed E-state index contributed by atoms with van der Waals surface area (Å²) < 4.78 is 5.39. The Morgan fingerprint density at radius 1 is 1.32 bits per heavy atom. The van der Waals surface area contributed by atoms with Crippen molar-refractivity contribution in [3.05, 3.63) is 16.8 Å². The minimum atomic E-state index is 0.200. The van der Waals surface area contributed by atoms with Gasteiger partial charge in [-0.05, 0) is 37.7 Å². The lowest BCUT2D eigenvalue weighted by atomic mass is 9.82. The summed E-state index contributed by atoms with van der Waals surface area (Å²) in [6.07, 6.45) is 2.06. The van der Waals surface area contributed by atoms with E-state index in [2.05, 4.69) is 28.5 Å². The molecule has 19 heavy (non-hydrogen) atoms. The summed E-state index contributed by atoms with van der Waals surface area (Å²) in [4.78, 5) is 0. The molecule has 1 fully saturated rings. The maximum Gasteiger partial charge on any atom is 0.166 e. The lowest BCUT2D eigenvalue weighted by Gasteiger charge is -2.33. The molecule has 1 aliphatic heterocycles. The van der Waals surface area contributed by atoms with Crippen LogP contribution in [-0.2, 0) is 4.74 Å². The molecule has 2 rings (SSSR count). The summed E-state index contributed by atoms with van der Waals surface area (Å²) in [5.41, 5.74) is 2.51. The summed E-state index contributed by atoms with van der Waals surface area (Å²) in [6, 6.07) is 2.22. The number of aromatic nitrogens is 2. The third kappa shape index (κ3) is 3.02. The van der Waals surface area contributed by atoms with Crippen molar-refractivity contribution in [3.8, 4) is 6.07 Å². The van der Waals surface area contributed by atoms with Gasteiger partial charge in [-0.2, -0.15) is 10.4 Å². The highest BCUT2D eigenvalue weighted by Crippen LogP contribution is 2.30. The van der Waals surface area contributed by atoms with E-state index in [0.717, 1.165) is 43.9 Å². The molecule has 5 nitrogen and oxygen atoms in total. The van der Waals surface area contributed by atoms with Crippen LogP contribution in [0.2, 0.25) is 0 Å². The maximum atomic E-state index is 9.25. The second-order valence-corrected chi connectivity index (χ2v) is 5.52. The van der Waals surface area contributed by atoms with E-state index in [1.807, 2.05) is 13.8 Å². The van der Waals surface area contributed by atoms with Crippen molar-refractivity contribution in [2.45, 2.75) is 33.6 Å². The zero-order chi connectivity index (χ0) is 13.9. The van der Waals surface area contributed by atoms with E-state index in [1.165, 1.54) is 0 Å².